The first-order valence-electron chi connectivity index (χ1n) is 11.0. The lowest BCUT2D eigenvalue weighted by atomic mass is 10.2. The first-order chi connectivity index (χ1) is 15.2. The van der Waals surface area contributed by atoms with Crippen molar-refractivity contribution in [3.05, 3.63) is 59.7 Å². The van der Waals surface area contributed by atoms with Crippen molar-refractivity contribution in [3.8, 4) is 23.6 Å². The van der Waals surface area contributed by atoms with Crippen LogP contribution in [-0.4, -0.2) is 61.3 Å². The summed E-state index contributed by atoms with van der Waals surface area (Å²) in [7, 11) is 0. The summed E-state index contributed by atoms with van der Waals surface area (Å²) in [6, 6.07) is 20.2. The van der Waals surface area contributed by atoms with Gasteiger partial charge in [-0.25, -0.2) is 0 Å². The highest BCUT2D eigenvalue weighted by atomic mass is 16.5. The van der Waals surface area contributed by atoms with E-state index in [0.717, 1.165) is 50.5 Å². The lowest BCUT2D eigenvalue weighted by molar-refractivity contribution is 0.117. The summed E-state index contributed by atoms with van der Waals surface area (Å²) in [4.78, 5) is 5.22. The molecule has 0 radical (unpaired) electrons. The van der Waals surface area contributed by atoms with E-state index in [4.69, 9.17) is 20.0 Å². The van der Waals surface area contributed by atoms with E-state index in [0.29, 0.717) is 36.4 Å². The van der Waals surface area contributed by atoms with Crippen molar-refractivity contribution >= 4 is 0 Å². The molecule has 2 aromatic carbocycles. The molecule has 2 bridgehead atoms. The quantitative estimate of drug-likeness (QED) is 0.553. The van der Waals surface area contributed by atoms with Crippen LogP contribution in [-0.2, 0) is 0 Å². The zero-order valence-electron chi connectivity index (χ0n) is 17.7. The second-order valence-corrected chi connectivity index (χ2v) is 8.21. The van der Waals surface area contributed by atoms with Gasteiger partial charge in [0.25, 0.3) is 0 Å². The second kappa shape index (κ2) is 10.3. The number of fused-ring (bicyclic) bond motifs is 2. The Bertz CT molecular complexity index is 852. The largest absolute Gasteiger partial charge is 0.494 e. The molecule has 0 amide bonds. The summed E-state index contributed by atoms with van der Waals surface area (Å²) in [5.41, 5.74) is 1.32. The standard InChI is InChI=1S/C25H28N4O2/c26-16-20-3-7-24(8-4-20)30-13-1-11-28-18-23-15-22(28)19-29(23)12-2-14-31-25-9-5-21(17-27)6-10-25/h3-10,22-23H,1-2,11-15,18-19H2/t22-,23-/m0/s1. The number of piperazine rings is 1. The monoisotopic (exact) mass is 416 g/mol. The number of hydrogen-bond acceptors (Lipinski definition) is 6. The molecule has 2 heterocycles. The molecule has 0 aromatic heterocycles. The molecule has 2 aromatic rings. The predicted octanol–water partition coefficient (Wildman–Crippen LogP) is 3.43. The molecule has 160 valence electrons. The van der Waals surface area contributed by atoms with Crippen molar-refractivity contribution in [2.45, 2.75) is 31.3 Å². The van der Waals surface area contributed by atoms with Crippen LogP contribution in [0.2, 0.25) is 0 Å². The fourth-order valence-electron chi connectivity index (χ4n) is 4.55. The molecule has 2 fully saturated rings. The topological polar surface area (TPSA) is 72.5 Å². The Balaban J connectivity index is 1.09. The highest BCUT2D eigenvalue weighted by Gasteiger charge is 2.42. The average molecular weight is 417 g/mol. The van der Waals surface area contributed by atoms with E-state index in [1.54, 1.807) is 24.3 Å². The Morgan fingerprint density at radius 1 is 0.710 bits per heavy atom. The van der Waals surface area contributed by atoms with E-state index in [2.05, 4.69) is 21.9 Å². The smallest absolute Gasteiger partial charge is 0.119 e. The molecule has 6 nitrogen and oxygen atoms in total. The highest BCUT2D eigenvalue weighted by molar-refractivity contribution is 5.35. The molecular formula is C25H28N4O2. The molecule has 2 aliphatic rings. The fraction of sp³-hybridized carbons (Fsp3) is 0.440. The van der Waals surface area contributed by atoms with E-state index >= 15 is 0 Å². The summed E-state index contributed by atoms with van der Waals surface area (Å²) < 4.78 is 11.6. The highest BCUT2D eigenvalue weighted by Crippen LogP contribution is 2.30. The number of nitriles is 2. The zero-order valence-corrected chi connectivity index (χ0v) is 17.7. The number of likely N-dealkylation sites (tertiary alicyclic amines) is 2. The van der Waals surface area contributed by atoms with Gasteiger partial charge < -0.3 is 9.47 Å². The summed E-state index contributed by atoms with van der Waals surface area (Å²) in [6.45, 7) is 5.86. The molecule has 4 rings (SSSR count). The molecule has 0 spiro atoms. The van der Waals surface area contributed by atoms with Crippen LogP contribution in [0.1, 0.15) is 30.4 Å². The van der Waals surface area contributed by atoms with Crippen molar-refractivity contribution in [2.24, 2.45) is 0 Å². The molecule has 0 unspecified atom stereocenters. The molecule has 0 aliphatic carbocycles. The minimum Gasteiger partial charge on any atom is -0.494 e. The first kappa shape index (κ1) is 21.2. The van der Waals surface area contributed by atoms with Gasteiger partial charge in [-0.3, -0.25) is 9.80 Å². The van der Waals surface area contributed by atoms with Crippen molar-refractivity contribution in [1.82, 2.24) is 9.80 Å². The minimum absolute atomic E-state index is 0.658. The van der Waals surface area contributed by atoms with Gasteiger partial charge in [-0.2, -0.15) is 10.5 Å². The van der Waals surface area contributed by atoms with E-state index in [9.17, 15) is 0 Å². The van der Waals surface area contributed by atoms with E-state index in [-0.39, 0.29) is 0 Å². The van der Waals surface area contributed by atoms with Gasteiger partial charge in [0.2, 0.25) is 0 Å². The van der Waals surface area contributed by atoms with Crippen LogP contribution >= 0.6 is 0 Å². The van der Waals surface area contributed by atoms with E-state index < -0.39 is 0 Å². The van der Waals surface area contributed by atoms with Crippen LogP contribution in [0.25, 0.3) is 0 Å². The van der Waals surface area contributed by atoms with Gasteiger partial charge in [-0.05, 0) is 67.8 Å². The van der Waals surface area contributed by atoms with Gasteiger partial charge in [0, 0.05) is 38.3 Å². The summed E-state index contributed by atoms with van der Waals surface area (Å²) in [6.07, 6.45) is 3.30. The van der Waals surface area contributed by atoms with Gasteiger partial charge in [0.15, 0.2) is 0 Å². The van der Waals surface area contributed by atoms with E-state index in [1.807, 2.05) is 24.3 Å². The summed E-state index contributed by atoms with van der Waals surface area (Å²) >= 11 is 0. The van der Waals surface area contributed by atoms with Crippen molar-refractivity contribution in [3.63, 3.8) is 0 Å². The van der Waals surface area contributed by atoms with Crippen molar-refractivity contribution in [2.75, 3.05) is 39.4 Å². The maximum atomic E-state index is 8.84. The number of rotatable bonds is 10. The number of nitrogens with zero attached hydrogens (tertiary/aromatic N) is 4. The van der Waals surface area contributed by atoms with Crippen LogP contribution in [0, 0.1) is 22.7 Å². The summed E-state index contributed by atoms with van der Waals surface area (Å²) in [5.74, 6) is 1.66. The third-order valence-electron chi connectivity index (χ3n) is 6.15. The Morgan fingerprint density at radius 2 is 1.13 bits per heavy atom. The van der Waals surface area contributed by atoms with Crippen LogP contribution in [0.15, 0.2) is 48.5 Å². The van der Waals surface area contributed by atoms with Gasteiger partial charge >= 0.3 is 0 Å². The van der Waals surface area contributed by atoms with Crippen LogP contribution in [0.4, 0.5) is 0 Å². The van der Waals surface area contributed by atoms with Gasteiger partial charge in [-0.15, -0.1) is 0 Å². The van der Waals surface area contributed by atoms with Crippen LogP contribution < -0.4 is 9.47 Å². The minimum atomic E-state index is 0.658. The maximum Gasteiger partial charge on any atom is 0.119 e. The molecule has 2 saturated heterocycles. The Morgan fingerprint density at radius 3 is 1.48 bits per heavy atom. The molecule has 0 saturated carbocycles. The number of benzene rings is 2. The zero-order chi connectivity index (χ0) is 21.5. The molecule has 0 N–H and O–H groups in total. The molecule has 2 aliphatic heterocycles. The second-order valence-electron chi connectivity index (χ2n) is 8.21. The van der Waals surface area contributed by atoms with E-state index in [1.165, 1.54) is 6.42 Å². The predicted molar refractivity (Wildman–Crippen MR) is 118 cm³/mol. The third kappa shape index (κ3) is 5.55. The Hall–Kier alpha value is -3.06. The van der Waals surface area contributed by atoms with Crippen molar-refractivity contribution < 1.29 is 9.47 Å². The number of ether oxygens (including phenoxy) is 2. The Kier molecular flexibility index (Phi) is 7.04. The van der Waals surface area contributed by atoms with Crippen LogP contribution in [0.5, 0.6) is 11.5 Å². The number of hydrogen-bond donors (Lipinski definition) is 0. The van der Waals surface area contributed by atoms with Crippen LogP contribution in [0.3, 0.4) is 0 Å². The molecular weight excluding hydrogens is 388 g/mol. The molecule has 6 heteroatoms. The average Bonchev–Trinajstić information content (AvgIpc) is 3.41. The lowest BCUT2D eigenvalue weighted by Gasteiger charge is -2.34. The van der Waals surface area contributed by atoms with Gasteiger partial charge in [0.1, 0.15) is 11.5 Å². The van der Waals surface area contributed by atoms with Gasteiger partial charge in [-0.1, -0.05) is 0 Å². The summed E-state index contributed by atoms with van der Waals surface area (Å²) in [5, 5.41) is 17.7. The molecule has 2 atom stereocenters. The fourth-order valence-corrected chi connectivity index (χ4v) is 4.55. The SMILES string of the molecule is N#Cc1ccc(OCCCN2C[C@@H]3C[C@H]2CN3CCCOc2ccc(C#N)cc2)cc1. The normalized spacial score (nSPS) is 20.3. The Labute approximate surface area is 184 Å². The first-order valence-corrected chi connectivity index (χ1v) is 11.0. The molecule has 31 heavy (non-hydrogen) atoms. The van der Waals surface area contributed by atoms with Crippen molar-refractivity contribution in [1.29, 1.82) is 10.5 Å². The lowest BCUT2D eigenvalue weighted by Crippen LogP contribution is -2.47. The third-order valence-corrected chi connectivity index (χ3v) is 6.15. The maximum absolute atomic E-state index is 8.84. The van der Waals surface area contributed by atoms with Gasteiger partial charge in [0.05, 0.1) is 36.5 Å².